The maximum atomic E-state index is 12.6. The molecule has 0 unspecified atom stereocenters. The van der Waals surface area contributed by atoms with Crippen LogP contribution in [0.25, 0.3) is 0 Å². The van der Waals surface area contributed by atoms with Gasteiger partial charge in [-0.05, 0) is 67.7 Å². The Kier molecular flexibility index (Phi) is 7.54. The van der Waals surface area contributed by atoms with Crippen molar-refractivity contribution in [2.24, 2.45) is 5.92 Å². The van der Waals surface area contributed by atoms with Crippen LogP contribution in [-0.2, 0) is 6.54 Å². The molecule has 1 aliphatic heterocycles. The van der Waals surface area contributed by atoms with Crippen LogP contribution >= 0.6 is 0 Å². The van der Waals surface area contributed by atoms with Gasteiger partial charge < -0.3 is 10.1 Å². The van der Waals surface area contributed by atoms with E-state index in [9.17, 15) is 9.59 Å². The molecular formula is C27H30N4O3. The summed E-state index contributed by atoms with van der Waals surface area (Å²) in [7, 11) is 1.63. The normalized spacial score (nSPS) is 14.4. The third-order valence-corrected chi connectivity index (χ3v) is 6.10. The van der Waals surface area contributed by atoms with Crippen LogP contribution in [0, 0.1) is 5.92 Å². The second-order valence-electron chi connectivity index (χ2n) is 8.76. The number of piperidine rings is 1. The van der Waals surface area contributed by atoms with Gasteiger partial charge in [-0.2, -0.15) is 0 Å². The lowest BCUT2D eigenvalue weighted by Crippen LogP contribution is -2.32. The summed E-state index contributed by atoms with van der Waals surface area (Å²) in [5, 5.41) is 2.83. The molecule has 176 valence electrons. The summed E-state index contributed by atoms with van der Waals surface area (Å²) in [5.74, 6) is 0.754. The number of amides is 2. The third-order valence-electron chi connectivity index (χ3n) is 6.10. The van der Waals surface area contributed by atoms with Crippen molar-refractivity contribution in [3.05, 3.63) is 84.1 Å². The summed E-state index contributed by atoms with van der Waals surface area (Å²) in [6.07, 6.45) is 3.41. The summed E-state index contributed by atoms with van der Waals surface area (Å²) in [4.78, 5) is 32.9. The van der Waals surface area contributed by atoms with Crippen LogP contribution < -0.4 is 15.0 Å². The molecule has 34 heavy (non-hydrogen) atoms. The first kappa shape index (κ1) is 23.4. The molecule has 3 aromatic rings. The first-order valence-corrected chi connectivity index (χ1v) is 11.6. The van der Waals surface area contributed by atoms with Gasteiger partial charge in [-0.3, -0.25) is 14.6 Å². The highest BCUT2D eigenvalue weighted by Gasteiger charge is 2.16. The molecular weight excluding hydrogens is 428 g/mol. The number of para-hydroxylation sites is 1. The van der Waals surface area contributed by atoms with Crippen molar-refractivity contribution in [1.82, 2.24) is 9.88 Å². The van der Waals surface area contributed by atoms with Crippen molar-refractivity contribution >= 4 is 23.4 Å². The fourth-order valence-corrected chi connectivity index (χ4v) is 3.87. The number of hydrogen-bond donors (Lipinski definition) is 1. The van der Waals surface area contributed by atoms with E-state index in [0.717, 1.165) is 25.6 Å². The fourth-order valence-electron chi connectivity index (χ4n) is 3.87. The largest absolute Gasteiger partial charge is 0.420 e. The standard InChI is InChI=1S/C27H30N4O3/c1-20-14-16-31(17-15-20)19-21-8-10-22(11-9-21)26(32)29-23-12-13-25(28-18-23)34-27(33)30(2)24-6-4-3-5-7-24/h3-13,18,20H,14-17,19H2,1-2H3,(H,29,32). The zero-order chi connectivity index (χ0) is 23.9. The number of benzene rings is 2. The lowest BCUT2D eigenvalue weighted by Gasteiger charge is -2.30. The molecule has 0 atom stereocenters. The molecule has 7 nitrogen and oxygen atoms in total. The monoisotopic (exact) mass is 458 g/mol. The average molecular weight is 459 g/mol. The van der Waals surface area contributed by atoms with E-state index in [1.54, 1.807) is 19.2 Å². The van der Waals surface area contributed by atoms with E-state index < -0.39 is 6.09 Å². The quantitative estimate of drug-likeness (QED) is 0.549. The van der Waals surface area contributed by atoms with E-state index in [0.29, 0.717) is 16.9 Å². The molecule has 0 saturated carbocycles. The zero-order valence-electron chi connectivity index (χ0n) is 19.6. The van der Waals surface area contributed by atoms with Gasteiger partial charge in [0.25, 0.3) is 5.91 Å². The molecule has 0 bridgehead atoms. The minimum absolute atomic E-state index is 0.155. The van der Waals surface area contributed by atoms with Crippen molar-refractivity contribution in [1.29, 1.82) is 0 Å². The second kappa shape index (κ2) is 10.9. The second-order valence-corrected chi connectivity index (χ2v) is 8.76. The highest BCUT2D eigenvalue weighted by atomic mass is 16.6. The lowest BCUT2D eigenvalue weighted by atomic mass is 9.99. The van der Waals surface area contributed by atoms with Gasteiger partial charge in [-0.1, -0.05) is 37.3 Å². The van der Waals surface area contributed by atoms with Gasteiger partial charge in [0.05, 0.1) is 11.9 Å². The minimum atomic E-state index is -0.547. The number of ether oxygens (including phenoxy) is 1. The molecule has 1 N–H and O–H groups in total. The van der Waals surface area contributed by atoms with E-state index in [4.69, 9.17) is 4.74 Å². The fraction of sp³-hybridized carbons (Fsp3) is 0.296. The SMILES string of the molecule is CC1CCN(Cc2ccc(C(=O)Nc3ccc(OC(=O)N(C)c4ccccc4)nc3)cc2)CC1. The van der Waals surface area contributed by atoms with E-state index >= 15 is 0 Å². The first-order chi connectivity index (χ1) is 16.5. The van der Waals surface area contributed by atoms with Gasteiger partial charge in [0, 0.05) is 30.9 Å². The Balaban J connectivity index is 1.29. The van der Waals surface area contributed by atoms with Crippen LogP contribution in [0.2, 0.25) is 0 Å². The van der Waals surface area contributed by atoms with Crippen LogP contribution in [0.1, 0.15) is 35.7 Å². The van der Waals surface area contributed by atoms with E-state index in [2.05, 4.69) is 22.1 Å². The Hall–Kier alpha value is -3.71. The molecule has 4 rings (SSSR count). The minimum Gasteiger partial charge on any atom is -0.391 e. The average Bonchev–Trinajstić information content (AvgIpc) is 2.87. The van der Waals surface area contributed by atoms with Crippen LogP contribution in [0.15, 0.2) is 72.9 Å². The molecule has 2 aromatic carbocycles. The number of rotatable bonds is 6. The molecule has 2 amide bonds. The molecule has 0 radical (unpaired) electrons. The molecule has 2 heterocycles. The number of aromatic nitrogens is 1. The molecule has 1 aliphatic rings. The molecule has 1 saturated heterocycles. The van der Waals surface area contributed by atoms with Crippen LogP contribution in [-0.4, -0.2) is 42.0 Å². The number of carbonyl (C=O) groups excluding carboxylic acids is 2. The van der Waals surface area contributed by atoms with E-state index in [-0.39, 0.29) is 11.8 Å². The van der Waals surface area contributed by atoms with Crippen LogP contribution in [0.4, 0.5) is 16.2 Å². The maximum absolute atomic E-state index is 12.6. The molecule has 0 spiro atoms. The summed E-state index contributed by atoms with van der Waals surface area (Å²) in [5.41, 5.74) is 3.02. The Labute approximate surface area is 200 Å². The topological polar surface area (TPSA) is 74.8 Å². The van der Waals surface area contributed by atoms with Gasteiger partial charge in [0.15, 0.2) is 0 Å². The van der Waals surface area contributed by atoms with E-state index in [1.807, 2.05) is 54.6 Å². The Bertz CT molecular complexity index is 1090. The summed E-state index contributed by atoms with van der Waals surface area (Å²) in [6.45, 7) is 5.48. The van der Waals surface area contributed by atoms with Crippen molar-refractivity contribution in [3.8, 4) is 5.88 Å². The van der Waals surface area contributed by atoms with E-state index in [1.165, 1.54) is 29.5 Å². The number of nitrogens with one attached hydrogen (secondary N) is 1. The lowest BCUT2D eigenvalue weighted by molar-refractivity contribution is 0.102. The molecule has 1 aromatic heterocycles. The Morgan fingerprint density at radius 1 is 1.03 bits per heavy atom. The van der Waals surface area contributed by atoms with Crippen molar-refractivity contribution in [3.63, 3.8) is 0 Å². The number of likely N-dealkylation sites (tertiary alicyclic amines) is 1. The molecule has 0 aliphatic carbocycles. The number of nitrogens with zero attached hydrogens (tertiary/aromatic N) is 3. The number of pyridine rings is 1. The Morgan fingerprint density at radius 2 is 1.74 bits per heavy atom. The molecule has 1 fully saturated rings. The number of carbonyl (C=O) groups is 2. The summed E-state index contributed by atoms with van der Waals surface area (Å²) >= 11 is 0. The van der Waals surface area contributed by atoms with Crippen molar-refractivity contribution in [2.45, 2.75) is 26.3 Å². The van der Waals surface area contributed by atoms with Gasteiger partial charge >= 0.3 is 6.09 Å². The van der Waals surface area contributed by atoms with Gasteiger partial charge in [0.2, 0.25) is 5.88 Å². The predicted octanol–water partition coefficient (Wildman–Crippen LogP) is 5.20. The predicted molar refractivity (Wildman–Crippen MR) is 133 cm³/mol. The highest BCUT2D eigenvalue weighted by molar-refractivity contribution is 6.04. The highest BCUT2D eigenvalue weighted by Crippen LogP contribution is 2.19. The van der Waals surface area contributed by atoms with Gasteiger partial charge in [-0.25, -0.2) is 9.78 Å². The van der Waals surface area contributed by atoms with Gasteiger partial charge in [0.1, 0.15) is 0 Å². The smallest absolute Gasteiger partial charge is 0.391 e. The molecule has 7 heteroatoms. The summed E-state index contributed by atoms with van der Waals surface area (Å²) < 4.78 is 5.32. The number of anilines is 2. The third kappa shape index (κ3) is 6.20. The zero-order valence-corrected chi connectivity index (χ0v) is 19.6. The first-order valence-electron chi connectivity index (χ1n) is 11.6. The van der Waals surface area contributed by atoms with Gasteiger partial charge in [-0.15, -0.1) is 0 Å². The maximum Gasteiger partial charge on any atom is 0.420 e. The number of hydrogen-bond acceptors (Lipinski definition) is 5. The van der Waals surface area contributed by atoms with Crippen molar-refractivity contribution < 1.29 is 14.3 Å². The van der Waals surface area contributed by atoms with Crippen LogP contribution in [0.5, 0.6) is 5.88 Å². The summed E-state index contributed by atoms with van der Waals surface area (Å²) in [6, 6.07) is 20.1. The Morgan fingerprint density at radius 3 is 2.38 bits per heavy atom. The van der Waals surface area contributed by atoms with Crippen molar-refractivity contribution in [2.75, 3.05) is 30.4 Å². The van der Waals surface area contributed by atoms with Crippen LogP contribution in [0.3, 0.4) is 0 Å².